The number of aryl methyl sites for hydroxylation is 1. The van der Waals surface area contributed by atoms with E-state index in [1.165, 1.54) is 5.56 Å². The number of hydrogen-bond donors (Lipinski definition) is 2. The fraction of sp³-hybridized carbons (Fsp3) is 0.500. The lowest BCUT2D eigenvalue weighted by Crippen LogP contribution is -2.34. The van der Waals surface area contributed by atoms with Gasteiger partial charge in [0, 0.05) is 19.5 Å². The number of benzene rings is 1. The maximum absolute atomic E-state index is 11.5. The molecule has 0 aliphatic carbocycles. The van der Waals surface area contributed by atoms with Crippen LogP contribution in [0, 0.1) is 6.92 Å². The predicted molar refractivity (Wildman–Crippen MR) is 81.8 cm³/mol. The van der Waals surface area contributed by atoms with Crippen molar-refractivity contribution < 1.29 is 17.9 Å². The van der Waals surface area contributed by atoms with Gasteiger partial charge in [-0.2, -0.15) is 0 Å². The molecular weight excluding hydrogens is 292 g/mol. The van der Waals surface area contributed by atoms with Crippen molar-refractivity contribution in [1.82, 2.24) is 10.0 Å². The van der Waals surface area contributed by atoms with Gasteiger partial charge in [-0.05, 0) is 25.5 Å². The molecule has 0 saturated carbocycles. The van der Waals surface area contributed by atoms with Crippen LogP contribution < -0.4 is 14.8 Å². The monoisotopic (exact) mass is 314 g/mol. The van der Waals surface area contributed by atoms with Gasteiger partial charge in [-0.15, -0.1) is 0 Å². The smallest absolute Gasteiger partial charge is 0.220 e. The molecule has 0 aliphatic heterocycles. The highest BCUT2D eigenvalue weighted by Crippen LogP contribution is 2.11. The van der Waals surface area contributed by atoms with E-state index < -0.39 is 10.0 Å². The zero-order valence-electron chi connectivity index (χ0n) is 12.4. The van der Waals surface area contributed by atoms with Crippen LogP contribution >= 0.6 is 0 Å². The van der Waals surface area contributed by atoms with Crippen LogP contribution in [0.2, 0.25) is 0 Å². The normalized spacial score (nSPS) is 11.1. The average Bonchev–Trinajstić information content (AvgIpc) is 2.41. The van der Waals surface area contributed by atoms with E-state index in [2.05, 4.69) is 10.0 Å². The zero-order chi connectivity index (χ0) is 15.7. The van der Waals surface area contributed by atoms with Gasteiger partial charge in [0.25, 0.3) is 0 Å². The van der Waals surface area contributed by atoms with E-state index in [1.54, 1.807) is 0 Å². The van der Waals surface area contributed by atoms with Crippen molar-refractivity contribution >= 4 is 15.9 Å². The van der Waals surface area contributed by atoms with E-state index in [4.69, 9.17) is 4.74 Å². The maximum Gasteiger partial charge on any atom is 0.220 e. The van der Waals surface area contributed by atoms with E-state index in [0.29, 0.717) is 19.4 Å². The Labute approximate surface area is 125 Å². The number of sulfonamides is 1. The van der Waals surface area contributed by atoms with E-state index in [9.17, 15) is 13.2 Å². The maximum atomic E-state index is 11.5. The van der Waals surface area contributed by atoms with Crippen LogP contribution in [0.5, 0.6) is 5.75 Å². The molecule has 0 fully saturated rings. The third kappa shape index (κ3) is 9.04. The molecule has 1 rings (SSSR count). The molecule has 0 unspecified atom stereocenters. The van der Waals surface area contributed by atoms with Gasteiger partial charge in [-0.3, -0.25) is 4.79 Å². The van der Waals surface area contributed by atoms with Crippen LogP contribution in [0.3, 0.4) is 0 Å². The summed E-state index contributed by atoms with van der Waals surface area (Å²) >= 11 is 0. The van der Waals surface area contributed by atoms with Gasteiger partial charge < -0.3 is 10.1 Å². The molecule has 1 aromatic carbocycles. The number of rotatable bonds is 9. The van der Waals surface area contributed by atoms with Crippen LogP contribution in [0.1, 0.15) is 18.4 Å². The molecule has 21 heavy (non-hydrogen) atoms. The Morgan fingerprint density at radius 2 is 1.86 bits per heavy atom. The van der Waals surface area contributed by atoms with Gasteiger partial charge in [0.2, 0.25) is 15.9 Å². The van der Waals surface area contributed by atoms with Gasteiger partial charge in [0.1, 0.15) is 5.75 Å². The number of nitrogens with one attached hydrogen (secondary N) is 2. The summed E-state index contributed by atoms with van der Waals surface area (Å²) in [4.78, 5) is 11.5. The van der Waals surface area contributed by atoms with Gasteiger partial charge in [0.05, 0.1) is 12.9 Å². The first-order chi connectivity index (χ1) is 9.87. The molecule has 0 aliphatic rings. The van der Waals surface area contributed by atoms with Gasteiger partial charge >= 0.3 is 0 Å². The van der Waals surface area contributed by atoms with E-state index >= 15 is 0 Å². The number of hydrogen-bond acceptors (Lipinski definition) is 4. The summed E-state index contributed by atoms with van der Waals surface area (Å²) < 4.78 is 29.4. The summed E-state index contributed by atoms with van der Waals surface area (Å²) in [7, 11) is -3.20. The molecule has 0 aromatic heterocycles. The summed E-state index contributed by atoms with van der Waals surface area (Å²) in [5, 5.41) is 2.64. The fourth-order valence-corrected chi connectivity index (χ4v) is 2.06. The fourth-order valence-electron chi connectivity index (χ4n) is 1.58. The highest BCUT2D eigenvalue weighted by Gasteiger charge is 2.03. The zero-order valence-corrected chi connectivity index (χ0v) is 13.2. The molecule has 1 aromatic rings. The molecule has 0 heterocycles. The Kier molecular flexibility index (Phi) is 7.18. The second kappa shape index (κ2) is 8.63. The van der Waals surface area contributed by atoms with Crippen molar-refractivity contribution in [2.45, 2.75) is 19.8 Å². The van der Waals surface area contributed by atoms with E-state index in [1.807, 2.05) is 31.2 Å². The first-order valence-corrected chi connectivity index (χ1v) is 8.67. The third-order valence-electron chi connectivity index (χ3n) is 2.65. The molecule has 2 N–H and O–H groups in total. The van der Waals surface area contributed by atoms with Crippen LogP contribution in [0.15, 0.2) is 24.3 Å². The van der Waals surface area contributed by atoms with Crippen LogP contribution in [-0.2, 0) is 14.8 Å². The molecule has 0 atom stereocenters. The summed E-state index contributed by atoms with van der Waals surface area (Å²) in [6.45, 7) is 2.96. The number of amides is 1. The van der Waals surface area contributed by atoms with Crippen molar-refractivity contribution in [3.05, 3.63) is 29.8 Å². The van der Waals surface area contributed by atoms with Gasteiger partial charge in [-0.25, -0.2) is 13.1 Å². The van der Waals surface area contributed by atoms with Crippen molar-refractivity contribution in [3.8, 4) is 5.75 Å². The van der Waals surface area contributed by atoms with Crippen molar-refractivity contribution in [3.63, 3.8) is 0 Å². The largest absolute Gasteiger partial charge is 0.494 e. The molecule has 6 nitrogen and oxygen atoms in total. The van der Waals surface area contributed by atoms with Crippen molar-refractivity contribution in [1.29, 1.82) is 0 Å². The highest BCUT2D eigenvalue weighted by atomic mass is 32.2. The number of carbonyl (C=O) groups is 1. The Balaban J connectivity index is 2.07. The molecule has 0 bridgehead atoms. The molecular formula is C14H22N2O4S. The minimum absolute atomic E-state index is 0.113. The van der Waals surface area contributed by atoms with Crippen molar-refractivity contribution in [2.75, 3.05) is 26.0 Å². The summed E-state index contributed by atoms with van der Waals surface area (Å²) in [5.74, 6) is 0.677. The second-order valence-corrected chi connectivity index (χ2v) is 6.61. The first-order valence-electron chi connectivity index (χ1n) is 6.77. The number of carbonyl (C=O) groups excluding carboxylic acids is 1. The molecule has 118 valence electrons. The molecule has 0 spiro atoms. The Morgan fingerprint density at radius 1 is 1.19 bits per heavy atom. The molecule has 0 radical (unpaired) electrons. The van der Waals surface area contributed by atoms with Crippen LogP contribution in [0.25, 0.3) is 0 Å². The minimum Gasteiger partial charge on any atom is -0.494 e. The minimum atomic E-state index is -3.20. The van der Waals surface area contributed by atoms with E-state index in [0.717, 1.165) is 12.0 Å². The Hall–Kier alpha value is -1.60. The highest BCUT2D eigenvalue weighted by molar-refractivity contribution is 7.88. The summed E-state index contributed by atoms with van der Waals surface area (Å²) in [6.07, 6.45) is 2.04. The first kappa shape index (κ1) is 17.5. The van der Waals surface area contributed by atoms with Gasteiger partial charge in [-0.1, -0.05) is 17.7 Å². The molecule has 7 heteroatoms. The van der Waals surface area contributed by atoms with Crippen molar-refractivity contribution in [2.24, 2.45) is 0 Å². The Bertz CT molecular complexity index is 541. The molecule has 0 saturated heterocycles. The third-order valence-corrected chi connectivity index (χ3v) is 3.38. The van der Waals surface area contributed by atoms with Crippen LogP contribution in [0.4, 0.5) is 0 Å². The lowest BCUT2D eigenvalue weighted by atomic mass is 10.2. The van der Waals surface area contributed by atoms with Crippen LogP contribution in [-0.4, -0.2) is 40.3 Å². The summed E-state index contributed by atoms with van der Waals surface area (Å²) in [5.41, 5.74) is 1.17. The molecule has 1 amide bonds. The lowest BCUT2D eigenvalue weighted by Gasteiger charge is -2.07. The Morgan fingerprint density at radius 3 is 2.48 bits per heavy atom. The lowest BCUT2D eigenvalue weighted by molar-refractivity contribution is -0.121. The second-order valence-electron chi connectivity index (χ2n) is 4.78. The van der Waals surface area contributed by atoms with Gasteiger partial charge in [0.15, 0.2) is 0 Å². The van der Waals surface area contributed by atoms with E-state index in [-0.39, 0.29) is 19.0 Å². The average molecular weight is 314 g/mol. The topological polar surface area (TPSA) is 84.5 Å². The standard InChI is InChI=1S/C14H22N2O4S/c1-12-5-7-13(8-6-12)20-11-3-4-14(17)15-9-10-16-21(2,18)19/h5-8,16H,3-4,9-11H2,1-2H3,(H,15,17). The quantitative estimate of drug-likeness (QED) is 0.661. The summed E-state index contributed by atoms with van der Waals surface area (Å²) in [6, 6.07) is 7.73. The number of ether oxygens (including phenoxy) is 1. The SMILES string of the molecule is Cc1ccc(OCCCC(=O)NCCNS(C)(=O)=O)cc1. The predicted octanol–water partition coefficient (Wildman–Crippen LogP) is 0.819.